The van der Waals surface area contributed by atoms with E-state index < -0.39 is 0 Å². The Morgan fingerprint density at radius 3 is 1.78 bits per heavy atom. The topological polar surface area (TPSA) is 0 Å². The zero-order valence-corrected chi connectivity index (χ0v) is 23.4. The van der Waals surface area contributed by atoms with Gasteiger partial charge in [0.2, 0.25) is 0 Å². The molecule has 0 saturated heterocycles. The molecule has 1 saturated carbocycles. The van der Waals surface area contributed by atoms with E-state index in [1.165, 1.54) is 126 Å². The Bertz CT molecular complexity index is 892. The lowest BCUT2D eigenvalue weighted by Crippen LogP contribution is -2.13. The molecule has 2 aromatic carbocycles. The molecular formula is C36H52. The molecule has 2 aliphatic rings. The molecule has 196 valence electrons. The van der Waals surface area contributed by atoms with E-state index in [9.17, 15) is 0 Å². The molecule has 2 aromatic rings. The van der Waals surface area contributed by atoms with Crippen molar-refractivity contribution in [2.24, 2.45) is 11.8 Å². The van der Waals surface area contributed by atoms with Crippen molar-refractivity contribution in [2.75, 3.05) is 0 Å². The van der Waals surface area contributed by atoms with Crippen LogP contribution in [0.15, 0.2) is 54.6 Å². The van der Waals surface area contributed by atoms with Crippen molar-refractivity contribution < 1.29 is 0 Å². The highest BCUT2D eigenvalue weighted by atomic mass is 14.3. The Balaban J connectivity index is 1.23. The average molecular weight is 485 g/mol. The predicted molar refractivity (Wildman–Crippen MR) is 159 cm³/mol. The largest absolute Gasteiger partial charge is 0.0804 e. The zero-order chi connectivity index (χ0) is 25.0. The first-order valence-electron chi connectivity index (χ1n) is 15.7. The fourth-order valence-electron chi connectivity index (χ4n) is 6.73. The fourth-order valence-corrected chi connectivity index (χ4v) is 6.73. The minimum atomic E-state index is 0.779. The van der Waals surface area contributed by atoms with E-state index in [-0.39, 0.29) is 0 Å². The van der Waals surface area contributed by atoms with Gasteiger partial charge in [0.25, 0.3) is 0 Å². The number of hydrogen-bond donors (Lipinski definition) is 0. The summed E-state index contributed by atoms with van der Waals surface area (Å²) in [4.78, 5) is 0. The summed E-state index contributed by atoms with van der Waals surface area (Å²) >= 11 is 0. The van der Waals surface area contributed by atoms with Crippen LogP contribution in [0.4, 0.5) is 0 Å². The van der Waals surface area contributed by atoms with Crippen LogP contribution in [0.25, 0.3) is 16.7 Å². The average Bonchev–Trinajstić information content (AvgIpc) is 2.95. The molecule has 2 aliphatic carbocycles. The molecule has 0 radical (unpaired) electrons. The second kappa shape index (κ2) is 14.8. The van der Waals surface area contributed by atoms with Gasteiger partial charge in [-0.1, -0.05) is 133 Å². The van der Waals surface area contributed by atoms with E-state index in [2.05, 4.69) is 68.5 Å². The molecule has 4 rings (SSSR count). The lowest BCUT2D eigenvalue weighted by atomic mass is 9.77. The van der Waals surface area contributed by atoms with Gasteiger partial charge in [0.15, 0.2) is 0 Å². The summed E-state index contributed by atoms with van der Waals surface area (Å²) in [6.45, 7) is 4.61. The van der Waals surface area contributed by atoms with Crippen LogP contribution in [-0.4, -0.2) is 0 Å². The van der Waals surface area contributed by atoms with Crippen LogP contribution < -0.4 is 0 Å². The minimum absolute atomic E-state index is 0.779. The Morgan fingerprint density at radius 2 is 1.14 bits per heavy atom. The number of hydrogen-bond acceptors (Lipinski definition) is 0. The molecule has 0 N–H and O–H groups in total. The van der Waals surface area contributed by atoms with Crippen molar-refractivity contribution in [1.29, 1.82) is 0 Å². The van der Waals surface area contributed by atoms with E-state index in [1.807, 2.05) is 0 Å². The maximum absolute atomic E-state index is 2.52. The van der Waals surface area contributed by atoms with Gasteiger partial charge in [-0.25, -0.2) is 0 Å². The first-order valence-corrected chi connectivity index (χ1v) is 15.7. The second-order valence-corrected chi connectivity index (χ2v) is 12.0. The Hall–Kier alpha value is -1.82. The molecule has 36 heavy (non-hydrogen) atoms. The minimum Gasteiger partial charge on any atom is -0.0804 e. The molecule has 0 amide bonds. The fraction of sp³-hybridized carbons (Fsp3) is 0.611. The van der Waals surface area contributed by atoms with Crippen molar-refractivity contribution in [3.8, 4) is 11.1 Å². The van der Waals surface area contributed by atoms with Crippen LogP contribution in [0.2, 0.25) is 0 Å². The first kappa shape index (κ1) is 27.2. The van der Waals surface area contributed by atoms with Crippen molar-refractivity contribution in [3.63, 3.8) is 0 Å². The van der Waals surface area contributed by atoms with E-state index in [1.54, 1.807) is 11.1 Å². The van der Waals surface area contributed by atoms with Crippen molar-refractivity contribution in [2.45, 2.75) is 129 Å². The summed E-state index contributed by atoms with van der Waals surface area (Å²) < 4.78 is 0. The lowest BCUT2D eigenvalue weighted by molar-refractivity contribution is 0.302. The van der Waals surface area contributed by atoms with Gasteiger partial charge in [-0.15, -0.1) is 0 Å². The van der Waals surface area contributed by atoms with Gasteiger partial charge in [0.05, 0.1) is 0 Å². The third-order valence-electron chi connectivity index (χ3n) is 9.27. The molecule has 1 unspecified atom stereocenters. The van der Waals surface area contributed by atoms with Crippen molar-refractivity contribution >= 4 is 5.57 Å². The highest BCUT2D eigenvalue weighted by molar-refractivity contribution is 5.71. The Morgan fingerprint density at radius 1 is 0.556 bits per heavy atom. The number of rotatable bonds is 13. The summed E-state index contributed by atoms with van der Waals surface area (Å²) in [7, 11) is 0. The Labute approximate surface area is 223 Å². The van der Waals surface area contributed by atoms with Crippen LogP contribution in [0, 0.1) is 11.8 Å². The first-order chi connectivity index (χ1) is 17.8. The maximum Gasteiger partial charge on any atom is -0.0162 e. The lowest BCUT2D eigenvalue weighted by Gasteiger charge is -2.29. The summed E-state index contributed by atoms with van der Waals surface area (Å²) in [5.41, 5.74) is 7.28. The van der Waals surface area contributed by atoms with Gasteiger partial charge in [-0.2, -0.15) is 0 Å². The van der Waals surface area contributed by atoms with Gasteiger partial charge < -0.3 is 0 Å². The number of benzene rings is 2. The molecule has 0 aliphatic heterocycles. The zero-order valence-electron chi connectivity index (χ0n) is 23.4. The smallest absolute Gasteiger partial charge is 0.0162 e. The highest BCUT2D eigenvalue weighted by Gasteiger charge is 2.22. The summed E-state index contributed by atoms with van der Waals surface area (Å²) in [5.74, 6) is 2.69. The molecule has 0 spiro atoms. The maximum atomic E-state index is 2.52. The third-order valence-corrected chi connectivity index (χ3v) is 9.27. The molecule has 0 nitrogen and oxygen atoms in total. The molecule has 0 bridgehead atoms. The normalized spacial score (nSPS) is 22.4. The summed E-state index contributed by atoms with van der Waals surface area (Å²) in [5, 5.41) is 0. The van der Waals surface area contributed by atoms with E-state index in [0.29, 0.717) is 0 Å². The van der Waals surface area contributed by atoms with Gasteiger partial charge in [0, 0.05) is 0 Å². The second-order valence-electron chi connectivity index (χ2n) is 12.0. The van der Waals surface area contributed by atoms with Crippen LogP contribution in [-0.2, 0) is 0 Å². The highest BCUT2D eigenvalue weighted by Crippen LogP contribution is 2.39. The number of unbranched alkanes of at least 4 members (excludes halogenated alkanes) is 6. The van der Waals surface area contributed by atoms with Crippen LogP contribution >= 0.6 is 0 Å². The van der Waals surface area contributed by atoms with E-state index in [4.69, 9.17) is 0 Å². The summed E-state index contributed by atoms with van der Waals surface area (Å²) in [6.07, 6.45) is 26.3. The van der Waals surface area contributed by atoms with Crippen LogP contribution in [0.1, 0.15) is 140 Å². The summed E-state index contributed by atoms with van der Waals surface area (Å²) in [6, 6.07) is 18.9. The molecule has 0 aromatic heterocycles. The molecule has 0 heteroatoms. The van der Waals surface area contributed by atoms with Crippen molar-refractivity contribution in [1.82, 2.24) is 0 Å². The van der Waals surface area contributed by atoms with Gasteiger partial charge in [0.1, 0.15) is 0 Å². The van der Waals surface area contributed by atoms with E-state index >= 15 is 0 Å². The monoisotopic (exact) mass is 484 g/mol. The molecule has 0 heterocycles. The van der Waals surface area contributed by atoms with Crippen LogP contribution in [0.5, 0.6) is 0 Å². The quantitative estimate of drug-likeness (QED) is 0.248. The van der Waals surface area contributed by atoms with Gasteiger partial charge in [-0.05, 0) is 90.5 Å². The van der Waals surface area contributed by atoms with E-state index in [0.717, 1.165) is 17.8 Å². The standard InChI is InChI=1S/C36H52/c1-3-5-7-8-9-10-12-30-15-19-32(20-16-30)34-23-27-36(28-24-34)35-25-21-33(22-26-35)31-17-13-29(14-18-31)11-6-4-2/h17,21-30,32H,3-16,18-20H2,1-2H3/t29?,30-,32-. The SMILES string of the molecule is CCCCCCCC[C@H]1CC[C@H](c2ccc(-c3ccc(C4=CCC(CCCC)CC4)cc3)cc2)CC1. The van der Waals surface area contributed by atoms with Crippen LogP contribution in [0.3, 0.4) is 0 Å². The van der Waals surface area contributed by atoms with Crippen molar-refractivity contribution in [3.05, 3.63) is 65.7 Å². The molecular weight excluding hydrogens is 432 g/mol. The van der Waals surface area contributed by atoms with Gasteiger partial charge >= 0.3 is 0 Å². The molecule has 1 atom stereocenters. The predicted octanol–water partition coefficient (Wildman–Crippen LogP) is 11.8. The Kier molecular flexibility index (Phi) is 11.2. The molecule has 1 fully saturated rings. The van der Waals surface area contributed by atoms with Gasteiger partial charge in [-0.3, -0.25) is 0 Å². The number of allylic oxidation sites excluding steroid dienone is 2. The third kappa shape index (κ3) is 8.09.